The fraction of sp³-hybridized carbons (Fsp3) is 0.545. The van der Waals surface area contributed by atoms with Gasteiger partial charge in [0.1, 0.15) is 19.1 Å². The number of benzene rings is 2. The molecule has 1 aliphatic heterocycles. The lowest BCUT2D eigenvalue weighted by Gasteiger charge is -2.29. The minimum absolute atomic E-state index is 0.979. The van der Waals surface area contributed by atoms with E-state index in [1.54, 1.807) is 20.1 Å². The van der Waals surface area contributed by atoms with Crippen LogP contribution in [0.5, 0.6) is 0 Å². The second-order valence-electron chi connectivity index (χ2n) is 15.7. The van der Waals surface area contributed by atoms with Gasteiger partial charge in [-0.3, -0.25) is 0 Å². The standard InChI is InChI=1S/C44H56Br2N4S4Si/c1-3-5-7-9-11-13-15-17-19-21-27-55(28-22-20-18-16-14-12-10-8-6-4-2)37-29-35(31-23-25-33(45)39-41(31)53-49-47-39)51-43(37)44-38(55)30-36(52-44)32-24-26-34(46)40-42(32)54-50-48-40/h23-26,29-30H,3-22,27-28H2,1-2H3. The van der Waals surface area contributed by atoms with E-state index < -0.39 is 8.07 Å². The van der Waals surface area contributed by atoms with Gasteiger partial charge in [-0.05, 0) is 102 Å². The van der Waals surface area contributed by atoms with Gasteiger partial charge in [-0.2, -0.15) is 0 Å². The molecule has 0 bridgehead atoms. The first kappa shape index (κ1) is 41.8. The maximum absolute atomic E-state index is 4.50. The van der Waals surface area contributed by atoms with Gasteiger partial charge >= 0.3 is 0 Å². The molecule has 0 unspecified atom stereocenters. The van der Waals surface area contributed by atoms with Gasteiger partial charge in [0.2, 0.25) is 0 Å². The number of aromatic nitrogens is 4. The third-order valence-electron chi connectivity index (χ3n) is 11.9. The average Bonchev–Trinajstić information content (AvgIpc) is 4.04. The van der Waals surface area contributed by atoms with Crippen molar-refractivity contribution in [1.82, 2.24) is 19.2 Å². The van der Waals surface area contributed by atoms with E-state index in [0.717, 1.165) is 20.0 Å². The average molecular weight is 957 g/mol. The molecular formula is C44H56Br2N4S4Si. The topological polar surface area (TPSA) is 51.6 Å². The van der Waals surface area contributed by atoms with E-state index in [0.29, 0.717) is 0 Å². The number of fused-ring (bicyclic) bond motifs is 5. The van der Waals surface area contributed by atoms with Crippen molar-refractivity contribution < 1.29 is 0 Å². The molecule has 0 N–H and O–H groups in total. The van der Waals surface area contributed by atoms with Gasteiger partial charge in [-0.15, -0.1) is 32.9 Å². The molecule has 6 aromatic rings. The Labute approximate surface area is 362 Å². The van der Waals surface area contributed by atoms with E-state index in [9.17, 15) is 0 Å². The van der Waals surface area contributed by atoms with Gasteiger partial charge in [0.05, 0.1) is 9.40 Å². The lowest BCUT2D eigenvalue weighted by Crippen LogP contribution is -2.54. The highest BCUT2D eigenvalue weighted by Crippen LogP contribution is 2.49. The van der Waals surface area contributed by atoms with Gasteiger partial charge in [0.25, 0.3) is 0 Å². The summed E-state index contributed by atoms with van der Waals surface area (Å²) in [6, 6.07) is 16.9. The molecule has 1 aliphatic rings. The Hall–Kier alpha value is -1.34. The van der Waals surface area contributed by atoms with E-state index in [2.05, 4.69) is 101 Å². The van der Waals surface area contributed by atoms with Gasteiger partial charge < -0.3 is 0 Å². The number of hydrogen-bond acceptors (Lipinski definition) is 8. The second kappa shape index (κ2) is 20.6. The molecule has 4 nitrogen and oxygen atoms in total. The molecule has 0 atom stereocenters. The first-order valence-electron chi connectivity index (χ1n) is 21.2. The lowest BCUT2D eigenvalue weighted by atomic mass is 10.1. The Morgan fingerprint density at radius 3 is 1.24 bits per heavy atom. The predicted octanol–water partition coefficient (Wildman–Crippen LogP) is 16.1. The van der Waals surface area contributed by atoms with Gasteiger partial charge in [0.15, 0.2) is 0 Å². The normalized spacial score (nSPS) is 13.4. The summed E-state index contributed by atoms with van der Waals surface area (Å²) < 4.78 is 13.2. The van der Waals surface area contributed by atoms with E-state index >= 15 is 0 Å². The molecule has 11 heteroatoms. The fourth-order valence-electron chi connectivity index (χ4n) is 8.79. The Morgan fingerprint density at radius 1 is 0.491 bits per heavy atom. The highest BCUT2D eigenvalue weighted by Gasteiger charge is 2.47. The van der Waals surface area contributed by atoms with Gasteiger partial charge in [-0.1, -0.05) is 163 Å². The Kier molecular flexibility index (Phi) is 15.6. The fourth-order valence-corrected chi connectivity index (χ4v) is 20.9. The second-order valence-corrected chi connectivity index (χ2v) is 25.3. The SMILES string of the molecule is CCCCCCCCCCCC[Si]1(CCCCCCCCCCCC)c2cc(-c3ccc(Br)c4nnsc34)sc2-c2sc(-c3ccc(Br)c4nnsc34)cc21. The van der Waals surface area contributed by atoms with Crippen LogP contribution in [0.2, 0.25) is 12.1 Å². The number of rotatable bonds is 24. The van der Waals surface area contributed by atoms with Crippen LogP contribution in [0.15, 0.2) is 45.3 Å². The van der Waals surface area contributed by atoms with E-state index in [4.69, 9.17) is 0 Å². The number of unbranched alkanes of at least 4 members (excludes halogenated alkanes) is 18. The number of nitrogens with zero attached hydrogens (tertiary/aromatic N) is 4. The molecule has 0 saturated heterocycles. The number of halogens is 2. The molecule has 0 saturated carbocycles. The van der Waals surface area contributed by atoms with Crippen LogP contribution in [0.1, 0.15) is 142 Å². The molecule has 0 spiro atoms. The monoisotopic (exact) mass is 954 g/mol. The zero-order valence-corrected chi connectivity index (χ0v) is 40.1. The van der Waals surface area contributed by atoms with Crippen LogP contribution >= 0.6 is 77.6 Å². The molecule has 5 heterocycles. The van der Waals surface area contributed by atoms with Crippen LogP contribution in [-0.2, 0) is 0 Å². The van der Waals surface area contributed by atoms with Gasteiger partial charge in [0, 0.05) is 39.6 Å². The summed E-state index contributed by atoms with van der Waals surface area (Å²) in [5.74, 6) is 0. The van der Waals surface area contributed by atoms with Crippen LogP contribution in [0.3, 0.4) is 0 Å². The zero-order valence-electron chi connectivity index (χ0n) is 32.7. The third kappa shape index (κ3) is 9.60. The molecule has 0 aliphatic carbocycles. The van der Waals surface area contributed by atoms with E-state index in [-0.39, 0.29) is 0 Å². The van der Waals surface area contributed by atoms with Crippen molar-refractivity contribution >= 4 is 116 Å². The first-order valence-corrected chi connectivity index (χ1v) is 28.3. The number of thiophene rings is 2. The van der Waals surface area contributed by atoms with Crippen LogP contribution in [0.25, 0.3) is 51.1 Å². The largest absolute Gasteiger partial charge is 0.137 e. The van der Waals surface area contributed by atoms with Crippen molar-refractivity contribution in [3.05, 3.63) is 45.3 Å². The molecule has 55 heavy (non-hydrogen) atoms. The minimum atomic E-state index is -2.06. The smallest absolute Gasteiger partial charge is 0.122 e. The molecule has 4 aromatic heterocycles. The molecule has 294 valence electrons. The van der Waals surface area contributed by atoms with Crippen molar-refractivity contribution in [3.63, 3.8) is 0 Å². The van der Waals surface area contributed by atoms with Crippen molar-refractivity contribution in [2.24, 2.45) is 0 Å². The zero-order chi connectivity index (χ0) is 38.0. The van der Waals surface area contributed by atoms with Crippen molar-refractivity contribution in [2.45, 2.75) is 154 Å². The summed E-state index contributed by atoms with van der Waals surface area (Å²) in [6.07, 6.45) is 27.7. The Balaban J connectivity index is 1.19. The van der Waals surface area contributed by atoms with Crippen LogP contribution < -0.4 is 10.4 Å². The van der Waals surface area contributed by atoms with Crippen LogP contribution in [-0.4, -0.2) is 27.2 Å². The predicted molar refractivity (Wildman–Crippen MR) is 254 cm³/mol. The molecule has 0 amide bonds. The third-order valence-corrected chi connectivity index (χ3v) is 22.8. The van der Waals surface area contributed by atoms with Crippen LogP contribution in [0.4, 0.5) is 0 Å². The molecule has 2 aromatic carbocycles. The first-order chi connectivity index (χ1) is 27.1. The molecule has 7 rings (SSSR count). The summed E-state index contributed by atoms with van der Waals surface area (Å²) in [6.45, 7) is 4.62. The highest BCUT2D eigenvalue weighted by molar-refractivity contribution is 9.11. The summed E-state index contributed by atoms with van der Waals surface area (Å²) in [7, 11) is -2.06. The minimum Gasteiger partial charge on any atom is -0.137 e. The molecule has 0 radical (unpaired) electrons. The van der Waals surface area contributed by atoms with Crippen molar-refractivity contribution in [2.75, 3.05) is 0 Å². The van der Waals surface area contributed by atoms with Crippen LogP contribution in [0, 0.1) is 0 Å². The summed E-state index contributed by atoms with van der Waals surface area (Å²) >= 11 is 14.6. The van der Waals surface area contributed by atoms with E-state index in [1.807, 2.05) is 22.7 Å². The summed E-state index contributed by atoms with van der Waals surface area (Å²) in [4.78, 5) is 5.87. The maximum Gasteiger partial charge on any atom is 0.122 e. The number of hydrogen-bond donors (Lipinski definition) is 0. The van der Waals surface area contributed by atoms with Crippen molar-refractivity contribution in [3.8, 4) is 30.6 Å². The van der Waals surface area contributed by atoms with Crippen molar-refractivity contribution in [1.29, 1.82) is 0 Å². The molecular weight excluding hydrogens is 901 g/mol. The maximum atomic E-state index is 4.50. The lowest BCUT2D eigenvalue weighted by molar-refractivity contribution is 0.559. The Bertz CT molecular complexity index is 1980. The quantitative estimate of drug-likeness (QED) is 0.0448. The summed E-state index contributed by atoms with van der Waals surface area (Å²) in [5.41, 5.74) is 4.53. The molecule has 0 fully saturated rings. The van der Waals surface area contributed by atoms with Gasteiger partial charge in [-0.25, -0.2) is 0 Å². The Morgan fingerprint density at radius 2 is 0.855 bits per heavy atom. The van der Waals surface area contributed by atoms with E-state index in [1.165, 1.54) is 194 Å². The highest BCUT2D eigenvalue weighted by atomic mass is 79.9. The summed E-state index contributed by atoms with van der Waals surface area (Å²) in [5, 5.41) is 12.4.